The van der Waals surface area contributed by atoms with E-state index in [9.17, 15) is 14.4 Å². The van der Waals surface area contributed by atoms with Crippen molar-refractivity contribution in [2.75, 3.05) is 6.61 Å². The van der Waals surface area contributed by atoms with Crippen LogP contribution in [0, 0.1) is 0 Å². The van der Waals surface area contributed by atoms with Crippen LogP contribution in [0.1, 0.15) is 20.8 Å². The maximum atomic E-state index is 10.9. The first-order valence-corrected chi connectivity index (χ1v) is 3.87. The molecule has 5 heteroatoms. The van der Waals surface area contributed by atoms with Crippen LogP contribution in [0.4, 0.5) is 0 Å². The van der Waals surface area contributed by atoms with Crippen molar-refractivity contribution in [1.82, 2.24) is 0 Å². The van der Waals surface area contributed by atoms with E-state index in [0.717, 1.165) is 6.92 Å². The van der Waals surface area contributed by atoms with E-state index in [4.69, 9.17) is 0 Å². The highest BCUT2D eigenvalue weighted by Gasteiger charge is 2.20. The van der Waals surface area contributed by atoms with Crippen molar-refractivity contribution in [3.63, 3.8) is 0 Å². The zero-order valence-corrected chi connectivity index (χ0v) is 7.83. The minimum Gasteiger partial charge on any atom is -0.463 e. The fourth-order valence-electron chi connectivity index (χ4n) is 0.551. The molecule has 0 bridgehead atoms. The lowest BCUT2D eigenvalue weighted by Crippen LogP contribution is -2.28. The van der Waals surface area contributed by atoms with Gasteiger partial charge in [-0.25, -0.2) is 9.59 Å². The molecule has 1 atom stereocenters. The third-order valence-corrected chi connectivity index (χ3v) is 1.19. The Bertz CT molecular complexity index is 221. The second-order valence-electron chi connectivity index (χ2n) is 2.36. The summed E-state index contributed by atoms with van der Waals surface area (Å²) in [6.07, 6.45) is -1.03. The monoisotopic (exact) mass is 188 g/mol. The number of Topliss-reactive ketones (excluding diaryl/α,β-unsaturated/α-hetero) is 1. The quantitative estimate of drug-likeness (QED) is 0.461. The van der Waals surface area contributed by atoms with Gasteiger partial charge in [0.25, 0.3) is 0 Å². The van der Waals surface area contributed by atoms with Crippen LogP contribution < -0.4 is 0 Å². The highest BCUT2D eigenvalue weighted by molar-refractivity contribution is 6.32. The second-order valence-corrected chi connectivity index (χ2v) is 2.36. The predicted octanol–water partition coefficient (Wildman–Crippen LogP) is 0.0702. The molecule has 0 N–H and O–H groups in total. The van der Waals surface area contributed by atoms with Crippen LogP contribution in [0.2, 0.25) is 0 Å². The Labute approximate surface area is 76.0 Å². The summed E-state index contributed by atoms with van der Waals surface area (Å²) < 4.78 is 9.02. The zero-order chi connectivity index (χ0) is 10.4. The molecule has 0 saturated heterocycles. The van der Waals surface area contributed by atoms with Crippen LogP contribution in [0.5, 0.6) is 0 Å². The smallest absolute Gasteiger partial charge is 0.375 e. The van der Waals surface area contributed by atoms with Crippen molar-refractivity contribution in [2.24, 2.45) is 0 Å². The first-order valence-electron chi connectivity index (χ1n) is 3.87. The summed E-state index contributed by atoms with van der Waals surface area (Å²) in [5, 5.41) is 0. The molecule has 1 unspecified atom stereocenters. The Hall–Kier alpha value is -1.39. The predicted molar refractivity (Wildman–Crippen MR) is 42.9 cm³/mol. The van der Waals surface area contributed by atoms with E-state index in [0.29, 0.717) is 0 Å². The number of esters is 2. The number of ether oxygens (including phenoxy) is 2. The van der Waals surface area contributed by atoms with Gasteiger partial charge in [-0.3, -0.25) is 4.79 Å². The number of hydrogen-bond acceptors (Lipinski definition) is 5. The van der Waals surface area contributed by atoms with Gasteiger partial charge < -0.3 is 9.47 Å². The fourth-order valence-corrected chi connectivity index (χ4v) is 0.551. The van der Waals surface area contributed by atoms with E-state index < -0.39 is 23.8 Å². The van der Waals surface area contributed by atoms with Crippen molar-refractivity contribution in [1.29, 1.82) is 0 Å². The van der Waals surface area contributed by atoms with Gasteiger partial charge in [0, 0.05) is 6.92 Å². The molecule has 0 spiro atoms. The normalized spacial score (nSPS) is 11.6. The topological polar surface area (TPSA) is 69.7 Å². The van der Waals surface area contributed by atoms with Gasteiger partial charge in [0.05, 0.1) is 6.61 Å². The van der Waals surface area contributed by atoms with E-state index in [2.05, 4.69) is 9.47 Å². The Morgan fingerprint density at radius 3 is 2.23 bits per heavy atom. The molecular formula is C8H12O5. The largest absolute Gasteiger partial charge is 0.463 e. The number of rotatable bonds is 4. The van der Waals surface area contributed by atoms with Crippen molar-refractivity contribution < 1.29 is 23.9 Å². The third kappa shape index (κ3) is 4.25. The highest BCUT2D eigenvalue weighted by atomic mass is 16.6. The summed E-state index contributed by atoms with van der Waals surface area (Å²) >= 11 is 0. The SMILES string of the molecule is CCOC(=O)C(C)OC(=O)C(C)=O. The molecule has 13 heavy (non-hydrogen) atoms. The maximum Gasteiger partial charge on any atom is 0.375 e. The molecule has 5 nitrogen and oxygen atoms in total. The molecule has 0 aromatic carbocycles. The van der Waals surface area contributed by atoms with E-state index in [1.165, 1.54) is 6.92 Å². The van der Waals surface area contributed by atoms with Crippen molar-refractivity contribution in [3.8, 4) is 0 Å². The standard InChI is InChI=1S/C8H12O5/c1-4-12-8(11)6(3)13-7(10)5(2)9/h6H,4H2,1-3H3. The lowest BCUT2D eigenvalue weighted by atomic mass is 10.4. The molecule has 0 amide bonds. The van der Waals surface area contributed by atoms with Gasteiger partial charge >= 0.3 is 11.9 Å². The van der Waals surface area contributed by atoms with Gasteiger partial charge in [-0.05, 0) is 13.8 Å². The summed E-state index contributed by atoms with van der Waals surface area (Å²) in [5.41, 5.74) is 0. The van der Waals surface area contributed by atoms with Gasteiger partial charge in [0.2, 0.25) is 5.78 Å². The second kappa shape index (κ2) is 5.29. The van der Waals surface area contributed by atoms with Crippen molar-refractivity contribution in [2.45, 2.75) is 26.9 Å². The minimum atomic E-state index is -1.03. The number of hydrogen-bond donors (Lipinski definition) is 0. The molecule has 0 radical (unpaired) electrons. The van der Waals surface area contributed by atoms with Gasteiger partial charge in [-0.2, -0.15) is 0 Å². The summed E-state index contributed by atoms with van der Waals surface area (Å²) in [6.45, 7) is 4.26. The molecule has 0 aliphatic rings. The van der Waals surface area contributed by atoms with E-state index >= 15 is 0 Å². The lowest BCUT2D eigenvalue weighted by molar-refractivity contribution is -0.168. The zero-order valence-electron chi connectivity index (χ0n) is 7.83. The van der Waals surface area contributed by atoms with Crippen molar-refractivity contribution >= 4 is 17.7 Å². The lowest BCUT2D eigenvalue weighted by Gasteiger charge is -2.09. The highest BCUT2D eigenvalue weighted by Crippen LogP contribution is 1.95. The summed E-state index contributed by atoms with van der Waals surface area (Å²) in [6, 6.07) is 0. The number of carbonyl (C=O) groups excluding carboxylic acids is 3. The molecule has 0 aliphatic heterocycles. The molecule has 0 saturated carbocycles. The molecule has 0 rings (SSSR count). The van der Waals surface area contributed by atoms with E-state index in [-0.39, 0.29) is 6.61 Å². The van der Waals surface area contributed by atoms with Crippen LogP contribution >= 0.6 is 0 Å². The van der Waals surface area contributed by atoms with Crippen molar-refractivity contribution in [3.05, 3.63) is 0 Å². The van der Waals surface area contributed by atoms with Gasteiger partial charge in [0.15, 0.2) is 6.10 Å². The first-order chi connectivity index (χ1) is 5.99. The van der Waals surface area contributed by atoms with Gasteiger partial charge in [-0.1, -0.05) is 0 Å². The van der Waals surface area contributed by atoms with Crippen LogP contribution in [0.3, 0.4) is 0 Å². The summed E-state index contributed by atoms with van der Waals surface area (Å²) in [5.74, 6) is -2.42. The summed E-state index contributed by atoms with van der Waals surface area (Å²) in [7, 11) is 0. The minimum absolute atomic E-state index is 0.209. The Morgan fingerprint density at radius 2 is 1.85 bits per heavy atom. The third-order valence-electron chi connectivity index (χ3n) is 1.19. The van der Waals surface area contributed by atoms with Crippen LogP contribution in [-0.2, 0) is 23.9 Å². The first kappa shape index (κ1) is 11.6. The molecule has 0 fully saturated rings. The van der Waals surface area contributed by atoms with E-state index in [1.54, 1.807) is 6.92 Å². The fraction of sp³-hybridized carbons (Fsp3) is 0.625. The molecule has 0 aliphatic carbocycles. The van der Waals surface area contributed by atoms with Crippen LogP contribution in [-0.4, -0.2) is 30.4 Å². The van der Waals surface area contributed by atoms with Gasteiger partial charge in [0.1, 0.15) is 0 Å². The summed E-state index contributed by atoms with van der Waals surface area (Å²) in [4.78, 5) is 32.0. The molecule has 0 heterocycles. The number of carbonyl (C=O) groups is 3. The Kier molecular flexibility index (Phi) is 4.72. The van der Waals surface area contributed by atoms with Gasteiger partial charge in [-0.15, -0.1) is 0 Å². The van der Waals surface area contributed by atoms with Crippen LogP contribution in [0.15, 0.2) is 0 Å². The maximum absolute atomic E-state index is 10.9. The Morgan fingerprint density at radius 1 is 1.31 bits per heavy atom. The molecule has 0 aromatic heterocycles. The number of ketones is 1. The Balaban J connectivity index is 3.99. The average Bonchev–Trinajstić information content (AvgIpc) is 2.04. The van der Waals surface area contributed by atoms with Crippen LogP contribution in [0.25, 0.3) is 0 Å². The van der Waals surface area contributed by atoms with E-state index in [1.807, 2.05) is 0 Å². The average molecular weight is 188 g/mol. The molecule has 0 aromatic rings. The molecular weight excluding hydrogens is 176 g/mol. The molecule has 74 valence electrons.